The summed E-state index contributed by atoms with van der Waals surface area (Å²) in [4.78, 5) is 41.8. The van der Waals surface area contributed by atoms with Crippen LogP contribution in [0.5, 0.6) is 0 Å². The first-order valence-electron chi connectivity index (χ1n) is 8.81. The number of anilines is 2. The van der Waals surface area contributed by atoms with Gasteiger partial charge in [0.15, 0.2) is 9.96 Å². The van der Waals surface area contributed by atoms with E-state index in [1.165, 1.54) is 17.4 Å². The molecule has 4 rings (SSSR count). The van der Waals surface area contributed by atoms with Crippen molar-refractivity contribution < 1.29 is 9.59 Å². The van der Waals surface area contributed by atoms with Crippen LogP contribution in [-0.2, 0) is 4.79 Å². The molecule has 0 unspecified atom stereocenters. The lowest BCUT2D eigenvalue weighted by molar-refractivity contribution is -0.129. The van der Waals surface area contributed by atoms with Crippen molar-refractivity contribution >= 4 is 67.8 Å². The van der Waals surface area contributed by atoms with Gasteiger partial charge in [0.05, 0.1) is 16.8 Å². The fraction of sp³-hybridized carbons (Fsp3) is 0.278. The first-order valence-corrected chi connectivity index (χ1v) is 10.4. The molecule has 0 aliphatic carbocycles. The molecule has 1 aliphatic rings. The molecule has 3 heterocycles. The molecule has 1 fully saturated rings. The van der Waals surface area contributed by atoms with Gasteiger partial charge < -0.3 is 9.80 Å². The lowest BCUT2D eigenvalue weighted by atomic mass is 10.2. The van der Waals surface area contributed by atoms with Crippen molar-refractivity contribution in [3.05, 3.63) is 40.0 Å². The van der Waals surface area contributed by atoms with E-state index in [-0.39, 0.29) is 16.8 Å². The fourth-order valence-electron chi connectivity index (χ4n) is 2.99. The number of amides is 2. The number of aromatic nitrogens is 3. The average molecular weight is 451 g/mol. The molecule has 0 saturated carbocycles. The van der Waals surface area contributed by atoms with E-state index in [1.54, 1.807) is 30.2 Å². The summed E-state index contributed by atoms with van der Waals surface area (Å²) in [5, 5.41) is 3.87. The van der Waals surface area contributed by atoms with Crippen molar-refractivity contribution in [1.29, 1.82) is 0 Å². The maximum Gasteiger partial charge on any atom is 0.258 e. The maximum atomic E-state index is 12.5. The first-order chi connectivity index (χ1) is 13.9. The summed E-state index contributed by atoms with van der Waals surface area (Å²) in [6.45, 7) is 4.19. The number of hydrogen-bond donors (Lipinski definition) is 1. The Morgan fingerprint density at radius 2 is 1.90 bits per heavy atom. The second kappa shape index (κ2) is 8.10. The molecule has 1 saturated heterocycles. The molecule has 150 valence electrons. The summed E-state index contributed by atoms with van der Waals surface area (Å²) in [6.07, 6.45) is 1.64. The third-order valence-corrected chi connectivity index (χ3v) is 5.97. The highest BCUT2D eigenvalue weighted by atomic mass is 35.5. The number of nitrogens with one attached hydrogen (secondary N) is 1. The molecule has 1 aliphatic heterocycles. The number of halogens is 2. The van der Waals surface area contributed by atoms with Crippen molar-refractivity contribution in [3.8, 4) is 0 Å². The number of carbonyl (C=O) groups excluding carboxylic acids is 2. The van der Waals surface area contributed by atoms with Crippen LogP contribution in [0.15, 0.2) is 24.4 Å². The summed E-state index contributed by atoms with van der Waals surface area (Å²) >= 11 is 13.2. The van der Waals surface area contributed by atoms with Crippen molar-refractivity contribution in [2.24, 2.45) is 0 Å². The lowest BCUT2D eigenvalue weighted by Gasteiger charge is -2.34. The van der Waals surface area contributed by atoms with Crippen LogP contribution in [0.25, 0.3) is 10.3 Å². The van der Waals surface area contributed by atoms with Crippen molar-refractivity contribution in [1.82, 2.24) is 19.9 Å². The molecule has 1 aromatic carbocycles. The molecule has 2 aromatic heterocycles. The van der Waals surface area contributed by atoms with Gasteiger partial charge in [0.25, 0.3) is 5.91 Å². The minimum absolute atomic E-state index is 0.0738. The number of fused-ring (bicyclic) bond motifs is 1. The zero-order chi connectivity index (χ0) is 20.5. The van der Waals surface area contributed by atoms with Gasteiger partial charge in [-0.1, -0.05) is 34.5 Å². The molecule has 29 heavy (non-hydrogen) atoms. The highest BCUT2D eigenvalue weighted by molar-refractivity contribution is 7.22. The molecule has 1 N–H and O–H groups in total. The van der Waals surface area contributed by atoms with Gasteiger partial charge in [-0.15, -0.1) is 0 Å². The topological polar surface area (TPSA) is 91.3 Å². The Morgan fingerprint density at radius 1 is 1.14 bits per heavy atom. The third kappa shape index (κ3) is 4.26. The van der Waals surface area contributed by atoms with Crippen LogP contribution in [0, 0.1) is 0 Å². The van der Waals surface area contributed by atoms with Crippen LogP contribution in [0.2, 0.25) is 10.0 Å². The quantitative estimate of drug-likeness (QED) is 0.657. The van der Waals surface area contributed by atoms with E-state index >= 15 is 0 Å². The second-order valence-corrected chi connectivity index (χ2v) is 8.27. The van der Waals surface area contributed by atoms with Gasteiger partial charge in [0.1, 0.15) is 5.52 Å². The summed E-state index contributed by atoms with van der Waals surface area (Å²) in [6, 6.07) is 4.68. The summed E-state index contributed by atoms with van der Waals surface area (Å²) in [5.41, 5.74) is 0.907. The summed E-state index contributed by atoms with van der Waals surface area (Å²) in [7, 11) is 0. The number of carbonyl (C=O) groups is 2. The third-order valence-electron chi connectivity index (χ3n) is 4.54. The minimum Gasteiger partial charge on any atom is -0.339 e. The van der Waals surface area contributed by atoms with E-state index < -0.39 is 0 Å². The predicted molar refractivity (Wildman–Crippen MR) is 114 cm³/mol. The smallest absolute Gasteiger partial charge is 0.258 e. The van der Waals surface area contributed by atoms with E-state index in [2.05, 4.69) is 20.3 Å². The normalized spacial score (nSPS) is 14.3. The van der Waals surface area contributed by atoms with Gasteiger partial charge in [-0.25, -0.2) is 9.97 Å². The van der Waals surface area contributed by atoms with E-state index in [0.29, 0.717) is 58.2 Å². The highest BCUT2D eigenvalue weighted by Gasteiger charge is 2.21. The largest absolute Gasteiger partial charge is 0.339 e. The van der Waals surface area contributed by atoms with E-state index in [4.69, 9.17) is 23.2 Å². The molecule has 8 nitrogen and oxygen atoms in total. The van der Waals surface area contributed by atoms with Gasteiger partial charge in [0.2, 0.25) is 11.9 Å². The molecule has 0 radical (unpaired) electrons. The molecule has 0 spiro atoms. The first kappa shape index (κ1) is 19.8. The molecular weight excluding hydrogens is 435 g/mol. The van der Waals surface area contributed by atoms with E-state index in [9.17, 15) is 9.59 Å². The number of hydrogen-bond acceptors (Lipinski definition) is 7. The number of piperazine rings is 1. The number of thiazole rings is 1. The standard InChI is InChI=1S/C18H16Cl2N6O2S/c1-10(27)25-4-6-26(7-5-25)17-21-9-14-16(24-17)29-18(22-14)23-15(28)12-3-2-11(19)8-13(12)20/h2-3,8-9H,4-7H2,1H3,(H,22,23,28). The molecule has 0 bridgehead atoms. The highest BCUT2D eigenvalue weighted by Crippen LogP contribution is 2.27. The SMILES string of the molecule is CC(=O)N1CCN(c2ncc3nc(NC(=O)c4ccc(Cl)cc4Cl)sc3n2)CC1. The van der Waals surface area contributed by atoms with Gasteiger partial charge in [-0.2, -0.15) is 4.98 Å². The molecule has 3 aromatic rings. The molecule has 0 atom stereocenters. The maximum absolute atomic E-state index is 12.5. The number of benzene rings is 1. The van der Waals surface area contributed by atoms with Gasteiger partial charge in [0, 0.05) is 38.1 Å². The van der Waals surface area contributed by atoms with Gasteiger partial charge in [-0.05, 0) is 18.2 Å². The summed E-state index contributed by atoms with van der Waals surface area (Å²) in [5.74, 6) is 0.284. The number of rotatable bonds is 3. The van der Waals surface area contributed by atoms with Crippen LogP contribution >= 0.6 is 34.5 Å². The zero-order valence-electron chi connectivity index (χ0n) is 15.4. The Kier molecular flexibility index (Phi) is 5.53. The van der Waals surface area contributed by atoms with Gasteiger partial charge in [-0.3, -0.25) is 14.9 Å². The minimum atomic E-state index is -0.376. The van der Waals surface area contributed by atoms with Crippen LogP contribution in [-0.4, -0.2) is 57.8 Å². The van der Waals surface area contributed by atoms with E-state index in [1.807, 2.05) is 4.90 Å². The Labute approximate surface area is 180 Å². The van der Waals surface area contributed by atoms with Crippen molar-refractivity contribution in [3.63, 3.8) is 0 Å². The van der Waals surface area contributed by atoms with Gasteiger partial charge >= 0.3 is 0 Å². The zero-order valence-corrected chi connectivity index (χ0v) is 17.7. The molecule has 11 heteroatoms. The van der Waals surface area contributed by atoms with Crippen LogP contribution < -0.4 is 10.2 Å². The second-order valence-electron chi connectivity index (χ2n) is 6.45. The van der Waals surface area contributed by atoms with Crippen molar-refractivity contribution in [2.45, 2.75) is 6.92 Å². The predicted octanol–water partition coefficient (Wildman–Crippen LogP) is 3.31. The van der Waals surface area contributed by atoms with Crippen molar-refractivity contribution in [2.75, 3.05) is 36.4 Å². The Balaban J connectivity index is 1.50. The molecular formula is C18H16Cl2N6O2S. The Morgan fingerprint density at radius 3 is 2.59 bits per heavy atom. The Bertz CT molecular complexity index is 1100. The number of nitrogens with zero attached hydrogens (tertiary/aromatic N) is 5. The Hall–Kier alpha value is -2.49. The van der Waals surface area contributed by atoms with Crippen LogP contribution in [0.1, 0.15) is 17.3 Å². The molecule has 2 amide bonds. The van der Waals surface area contributed by atoms with Crippen LogP contribution in [0.3, 0.4) is 0 Å². The average Bonchev–Trinajstić information content (AvgIpc) is 3.09. The lowest BCUT2D eigenvalue weighted by Crippen LogP contribution is -2.48. The monoisotopic (exact) mass is 450 g/mol. The van der Waals surface area contributed by atoms with Crippen LogP contribution in [0.4, 0.5) is 11.1 Å². The fourth-order valence-corrected chi connectivity index (χ4v) is 4.29. The summed E-state index contributed by atoms with van der Waals surface area (Å²) < 4.78 is 0. The van der Waals surface area contributed by atoms with E-state index in [0.717, 1.165) is 0 Å².